The lowest BCUT2D eigenvalue weighted by Gasteiger charge is -2.06. The Morgan fingerprint density at radius 1 is 1.13 bits per heavy atom. The zero-order valence-corrected chi connectivity index (χ0v) is 14.4. The van der Waals surface area contributed by atoms with Crippen LogP contribution >= 0.6 is 0 Å². The smallest absolute Gasteiger partial charge is 0.212 e. The SMILES string of the molecule is CC(=O)C(O)O.CCCCCCCCCCn1cncc1CO. The molecule has 0 bridgehead atoms. The number of aliphatic hydroxyl groups excluding tert-OH is 2. The molecular weight excluding hydrogens is 296 g/mol. The Bertz CT molecular complexity index is 405. The fourth-order valence-electron chi connectivity index (χ4n) is 2.10. The normalized spacial score (nSPS) is 10.5. The van der Waals surface area contributed by atoms with Crippen LogP contribution < -0.4 is 0 Å². The second-order valence-corrected chi connectivity index (χ2v) is 5.70. The number of unbranched alkanes of at least 4 members (excludes halogenated alkanes) is 7. The Hall–Kier alpha value is -1.24. The first kappa shape index (κ1) is 21.8. The zero-order valence-electron chi connectivity index (χ0n) is 14.4. The van der Waals surface area contributed by atoms with Crippen LogP contribution in [-0.4, -0.2) is 36.9 Å². The van der Waals surface area contributed by atoms with Gasteiger partial charge in [0.05, 0.1) is 24.8 Å². The van der Waals surface area contributed by atoms with Gasteiger partial charge in [0.15, 0.2) is 5.78 Å². The van der Waals surface area contributed by atoms with E-state index in [1.807, 2.05) is 6.33 Å². The Morgan fingerprint density at radius 2 is 1.65 bits per heavy atom. The molecule has 0 fully saturated rings. The molecule has 0 saturated carbocycles. The summed E-state index contributed by atoms with van der Waals surface area (Å²) in [6, 6.07) is 0. The third-order valence-electron chi connectivity index (χ3n) is 3.58. The van der Waals surface area contributed by atoms with Crippen LogP contribution in [0.3, 0.4) is 0 Å². The van der Waals surface area contributed by atoms with E-state index in [0.717, 1.165) is 19.2 Å². The second kappa shape index (κ2) is 14.4. The number of aryl methyl sites for hydroxylation is 1. The van der Waals surface area contributed by atoms with Crippen molar-refractivity contribution in [3.8, 4) is 0 Å². The van der Waals surface area contributed by atoms with Crippen molar-refractivity contribution < 1.29 is 20.1 Å². The summed E-state index contributed by atoms with van der Waals surface area (Å²) in [5.41, 5.74) is 0.924. The van der Waals surface area contributed by atoms with Crippen LogP contribution in [-0.2, 0) is 17.9 Å². The van der Waals surface area contributed by atoms with Gasteiger partial charge >= 0.3 is 0 Å². The molecule has 0 aliphatic carbocycles. The lowest BCUT2D eigenvalue weighted by molar-refractivity contribution is -0.142. The van der Waals surface area contributed by atoms with Gasteiger partial charge in [-0.25, -0.2) is 4.98 Å². The van der Waals surface area contributed by atoms with Gasteiger partial charge in [-0.2, -0.15) is 0 Å². The Kier molecular flexibility index (Phi) is 13.6. The van der Waals surface area contributed by atoms with Crippen LogP contribution in [0.4, 0.5) is 0 Å². The highest BCUT2D eigenvalue weighted by Gasteiger charge is 2.00. The molecule has 0 aliphatic heterocycles. The summed E-state index contributed by atoms with van der Waals surface area (Å²) in [6.07, 6.45) is 12.4. The Balaban J connectivity index is 0.000000688. The fourth-order valence-corrected chi connectivity index (χ4v) is 2.10. The quantitative estimate of drug-likeness (QED) is 0.428. The maximum Gasteiger partial charge on any atom is 0.212 e. The van der Waals surface area contributed by atoms with Gasteiger partial charge in [0.1, 0.15) is 0 Å². The molecule has 0 spiro atoms. The summed E-state index contributed by atoms with van der Waals surface area (Å²) in [4.78, 5) is 13.7. The molecular formula is C17H32N2O4. The first-order valence-electron chi connectivity index (χ1n) is 8.49. The Morgan fingerprint density at radius 3 is 2.13 bits per heavy atom. The largest absolute Gasteiger partial charge is 0.390 e. The average molecular weight is 328 g/mol. The molecule has 1 aromatic heterocycles. The third-order valence-corrected chi connectivity index (χ3v) is 3.58. The van der Waals surface area contributed by atoms with Crippen molar-refractivity contribution in [3.05, 3.63) is 18.2 Å². The third kappa shape index (κ3) is 11.9. The number of imidazole rings is 1. The first-order chi connectivity index (χ1) is 11.0. The lowest BCUT2D eigenvalue weighted by atomic mass is 10.1. The molecule has 6 heteroatoms. The zero-order chi connectivity index (χ0) is 17.5. The summed E-state index contributed by atoms with van der Waals surface area (Å²) >= 11 is 0. The molecule has 6 nitrogen and oxygen atoms in total. The minimum absolute atomic E-state index is 0.0943. The molecule has 0 saturated heterocycles. The standard InChI is InChI=1S/C14H26N2O.C3H6O3/c1-2-3-4-5-6-7-8-9-10-16-13-15-11-14(16)12-17;1-2(4)3(5)6/h11,13,17H,2-10,12H2,1H3;3,5-6H,1H3. The number of nitrogens with zero attached hydrogens (tertiary/aromatic N) is 2. The molecule has 0 atom stereocenters. The van der Waals surface area contributed by atoms with E-state index in [2.05, 4.69) is 16.5 Å². The molecule has 23 heavy (non-hydrogen) atoms. The fraction of sp³-hybridized carbons (Fsp3) is 0.765. The van der Waals surface area contributed by atoms with Gasteiger partial charge in [0, 0.05) is 6.54 Å². The van der Waals surface area contributed by atoms with E-state index in [1.54, 1.807) is 6.20 Å². The van der Waals surface area contributed by atoms with Crippen molar-refractivity contribution >= 4 is 5.78 Å². The average Bonchev–Trinajstić information content (AvgIpc) is 2.98. The molecule has 1 aromatic rings. The predicted octanol–water partition coefficient (Wildman–Crippen LogP) is 2.40. The van der Waals surface area contributed by atoms with Crippen LogP contribution in [0, 0.1) is 0 Å². The van der Waals surface area contributed by atoms with Gasteiger partial charge < -0.3 is 19.9 Å². The minimum Gasteiger partial charge on any atom is -0.390 e. The molecule has 0 unspecified atom stereocenters. The second-order valence-electron chi connectivity index (χ2n) is 5.70. The van der Waals surface area contributed by atoms with E-state index in [1.165, 1.54) is 51.4 Å². The number of hydrogen-bond acceptors (Lipinski definition) is 5. The topological polar surface area (TPSA) is 95.6 Å². The first-order valence-corrected chi connectivity index (χ1v) is 8.49. The molecule has 0 aromatic carbocycles. The number of rotatable bonds is 11. The van der Waals surface area contributed by atoms with Gasteiger partial charge in [0.25, 0.3) is 0 Å². The van der Waals surface area contributed by atoms with E-state index < -0.39 is 12.1 Å². The summed E-state index contributed by atoms with van der Waals surface area (Å²) in [5, 5.41) is 24.7. The van der Waals surface area contributed by atoms with Crippen LogP contribution in [0.15, 0.2) is 12.5 Å². The van der Waals surface area contributed by atoms with Crippen molar-refractivity contribution in [1.82, 2.24) is 9.55 Å². The Labute approximate surface area is 139 Å². The van der Waals surface area contributed by atoms with Crippen LogP contribution in [0.1, 0.15) is 70.9 Å². The maximum absolute atomic E-state index is 9.64. The number of Topliss-reactive ketones (excluding diaryl/α,β-unsaturated/α-hetero) is 1. The van der Waals surface area contributed by atoms with Crippen molar-refractivity contribution in [2.45, 2.75) is 84.7 Å². The lowest BCUT2D eigenvalue weighted by Crippen LogP contribution is -2.14. The highest BCUT2D eigenvalue weighted by atomic mass is 16.5. The van der Waals surface area contributed by atoms with Crippen LogP contribution in [0.2, 0.25) is 0 Å². The van der Waals surface area contributed by atoms with Gasteiger partial charge in [-0.15, -0.1) is 0 Å². The van der Waals surface area contributed by atoms with E-state index in [9.17, 15) is 4.79 Å². The number of aliphatic hydroxyl groups is 3. The van der Waals surface area contributed by atoms with Gasteiger partial charge in [0.2, 0.25) is 6.29 Å². The highest BCUT2D eigenvalue weighted by Crippen LogP contribution is 2.09. The number of aromatic nitrogens is 2. The summed E-state index contributed by atoms with van der Waals surface area (Å²) in [6.45, 7) is 4.44. The van der Waals surface area contributed by atoms with Crippen LogP contribution in [0.25, 0.3) is 0 Å². The maximum atomic E-state index is 9.64. The molecule has 3 N–H and O–H groups in total. The summed E-state index contributed by atoms with van der Waals surface area (Å²) < 4.78 is 2.05. The van der Waals surface area contributed by atoms with Crippen molar-refractivity contribution in [2.75, 3.05) is 0 Å². The number of carbonyl (C=O) groups excluding carboxylic acids is 1. The van der Waals surface area contributed by atoms with Crippen molar-refractivity contribution in [3.63, 3.8) is 0 Å². The molecule has 1 heterocycles. The molecule has 134 valence electrons. The van der Waals surface area contributed by atoms with E-state index >= 15 is 0 Å². The van der Waals surface area contributed by atoms with Crippen LogP contribution in [0.5, 0.6) is 0 Å². The van der Waals surface area contributed by atoms with Crippen molar-refractivity contribution in [1.29, 1.82) is 0 Å². The van der Waals surface area contributed by atoms with Crippen molar-refractivity contribution in [2.24, 2.45) is 0 Å². The minimum atomic E-state index is -1.79. The van der Waals surface area contributed by atoms with Gasteiger partial charge in [-0.3, -0.25) is 4.79 Å². The van der Waals surface area contributed by atoms with E-state index in [4.69, 9.17) is 15.3 Å². The van der Waals surface area contributed by atoms with E-state index in [-0.39, 0.29) is 6.61 Å². The number of carbonyl (C=O) groups is 1. The molecule has 0 aliphatic rings. The van der Waals surface area contributed by atoms with E-state index in [0.29, 0.717) is 0 Å². The molecule has 1 rings (SSSR count). The molecule has 0 radical (unpaired) electrons. The number of ketones is 1. The monoisotopic (exact) mass is 328 g/mol. The molecule has 0 amide bonds. The summed E-state index contributed by atoms with van der Waals surface area (Å²) in [5.74, 6) is -0.630. The highest BCUT2D eigenvalue weighted by molar-refractivity contribution is 5.78. The van der Waals surface area contributed by atoms with Gasteiger partial charge in [-0.05, 0) is 13.3 Å². The number of hydrogen-bond donors (Lipinski definition) is 3. The summed E-state index contributed by atoms with van der Waals surface area (Å²) in [7, 11) is 0. The van der Waals surface area contributed by atoms with Gasteiger partial charge in [-0.1, -0.05) is 51.9 Å². The predicted molar refractivity (Wildman–Crippen MR) is 89.7 cm³/mol.